The van der Waals surface area contributed by atoms with E-state index >= 15 is 0 Å². The summed E-state index contributed by atoms with van der Waals surface area (Å²) >= 11 is 18.0. The Balaban J connectivity index is 1.42. The van der Waals surface area contributed by atoms with Gasteiger partial charge in [0, 0.05) is 22.5 Å². The van der Waals surface area contributed by atoms with Gasteiger partial charge in [0.2, 0.25) is 11.7 Å². The van der Waals surface area contributed by atoms with Gasteiger partial charge in [-0.25, -0.2) is 4.98 Å². The normalized spacial score (nSPS) is 11.0. The molecule has 1 aromatic carbocycles. The van der Waals surface area contributed by atoms with Crippen molar-refractivity contribution < 1.29 is 9.21 Å². The first-order chi connectivity index (χ1) is 15.4. The summed E-state index contributed by atoms with van der Waals surface area (Å²) in [4.78, 5) is 16.9. The first kappa shape index (κ1) is 23.1. The van der Waals surface area contributed by atoms with Crippen molar-refractivity contribution in [2.24, 2.45) is 0 Å². The lowest BCUT2D eigenvalue weighted by molar-refractivity contribution is -0.113. The molecule has 0 aliphatic rings. The summed E-state index contributed by atoms with van der Waals surface area (Å²) in [5.41, 5.74) is 1.41. The van der Waals surface area contributed by atoms with Crippen LogP contribution in [0.3, 0.4) is 0 Å². The van der Waals surface area contributed by atoms with Crippen LogP contribution in [0.4, 0.5) is 5.13 Å². The highest BCUT2D eigenvalue weighted by molar-refractivity contribution is 9.10. The molecular formula is C20H14BrCl2N5O2S2. The minimum Gasteiger partial charge on any atom is -0.446 e. The summed E-state index contributed by atoms with van der Waals surface area (Å²) in [5, 5.41) is 15.1. The molecule has 0 radical (unpaired) electrons. The standard InChI is InChI=1S/C20H14BrCl2N5O2S2/c1-2-7-28-18(15-5-6-16(21)30-15)26-27-20(28)32-10-17(29)25-19-24-14(9-31-19)12-4-3-11(22)8-13(12)23/h2-6,8-9H,1,7,10H2,(H,24,25,29). The van der Waals surface area contributed by atoms with Crippen molar-refractivity contribution in [3.8, 4) is 22.8 Å². The predicted molar refractivity (Wildman–Crippen MR) is 133 cm³/mol. The molecule has 1 amide bonds. The molecule has 0 spiro atoms. The van der Waals surface area contributed by atoms with Crippen LogP contribution in [0.15, 0.2) is 62.6 Å². The fourth-order valence-electron chi connectivity index (χ4n) is 2.74. The third-order valence-corrected chi connectivity index (χ3v) is 6.81. The van der Waals surface area contributed by atoms with Crippen LogP contribution in [0.2, 0.25) is 10.0 Å². The molecular weight excluding hydrogens is 557 g/mol. The predicted octanol–water partition coefficient (Wildman–Crippen LogP) is 6.65. The maximum Gasteiger partial charge on any atom is 0.236 e. The van der Waals surface area contributed by atoms with Gasteiger partial charge in [-0.15, -0.1) is 28.1 Å². The van der Waals surface area contributed by atoms with Crippen molar-refractivity contribution >= 4 is 73.3 Å². The van der Waals surface area contributed by atoms with E-state index in [9.17, 15) is 4.79 Å². The number of anilines is 1. The van der Waals surface area contributed by atoms with Crippen LogP contribution >= 0.6 is 62.2 Å². The molecule has 0 bridgehead atoms. The zero-order chi connectivity index (χ0) is 22.7. The van der Waals surface area contributed by atoms with Crippen LogP contribution in [0.5, 0.6) is 0 Å². The summed E-state index contributed by atoms with van der Waals surface area (Å²) in [5.74, 6) is 1.04. The molecule has 4 rings (SSSR count). The van der Waals surface area contributed by atoms with Crippen molar-refractivity contribution in [3.63, 3.8) is 0 Å². The van der Waals surface area contributed by atoms with E-state index in [0.717, 1.165) is 5.56 Å². The highest BCUT2D eigenvalue weighted by atomic mass is 79.9. The van der Waals surface area contributed by atoms with Gasteiger partial charge >= 0.3 is 0 Å². The summed E-state index contributed by atoms with van der Waals surface area (Å²) in [6.45, 7) is 4.25. The number of allylic oxidation sites excluding steroid dienone is 1. The average molecular weight is 571 g/mol. The molecule has 32 heavy (non-hydrogen) atoms. The first-order valence-corrected chi connectivity index (χ1v) is 12.5. The second-order valence-corrected chi connectivity index (χ2v) is 9.73. The van der Waals surface area contributed by atoms with E-state index in [1.54, 1.807) is 36.4 Å². The van der Waals surface area contributed by atoms with E-state index in [4.69, 9.17) is 27.6 Å². The lowest BCUT2D eigenvalue weighted by Gasteiger charge is -2.06. The lowest BCUT2D eigenvalue weighted by Crippen LogP contribution is -2.14. The Morgan fingerprint density at radius 3 is 2.88 bits per heavy atom. The molecule has 0 unspecified atom stereocenters. The van der Waals surface area contributed by atoms with Gasteiger partial charge in [-0.05, 0) is 46.3 Å². The van der Waals surface area contributed by atoms with Crippen LogP contribution in [-0.2, 0) is 11.3 Å². The van der Waals surface area contributed by atoms with Crippen molar-refractivity contribution in [1.29, 1.82) is 0 Å². The quantitative estimate of drug-likeness (QED) is 0.188. The highest BCUT2D eigenvalue weighted by Crippen LogP contribution is 2.32. The number of carbonyl (C=O) groups is 1. The Bertz CT molecular complexity index is 1290. The second kappa shape index (κ2) is 10.2. The zero-order valence-electron chi connectivity index (χ0n) is 16.2. The van der Waals surface area contributed by atoms with Crippen molar-refractivity contribution in [2.75, 3.05) is 11.1 Å². The molecule has 1 N–H and O–H groups in total. The molecule has 0 aliphatic carbocycles. The number of thioether (sulfide) groups is 1. The van der Waals surface area contributed by atoms with Crippen LogP contribution in [-0.4, -0.2) is 31.4 Å². The first-order valence-electron chi connectivity index (χ1n) is 9.08. The largest absolute Gasteiger partial charge is 0.446 e. The second-order valence-electron chi connectivity index (χ2n) is 6.31. The molecule has 0 aliphatic heterocycles. The SMILES string of the molecule is C=CCn1c(SCC(=O)Nc2nc(-c3ccc(Cl)cc3Cl)cs2)nnc1-c1ccc(Br)o1. The summed E-state index contributed by atoms with van der Waals surface area (Å²) in [7, 11) is 0. The number of halogens is 3. The van der Waals surface area contributed by atoms with E-state index < -0.39 is 0 Å². The number of hydrogen-bond donors (Lipinski definition) is 1. The Kier molecular flexibility index (Phi) is 7.37. The molecule has 0 saturated heterocycles. The van der Waals surface area contributed by atoms with Crippen molar-refractivity contribution in [3.05, 3.63) is 63.1 Å². The lowest BCUT2D eigenvalue weighted by atomic mass is 10.2. The minimum atomic E-state index is -0.214. The van der Waals surface area contributed by atoms with Gasteiger partial charge in [-0.1, -0.05) is 41.0 Å². The van der Waals surface area contributed by atoms with Crippen LogP contribution in [0, 0.1) is 0 Å². The maximum atomic E-state index is 12.5. The number of hydrogen-bond acceptors (Lipinski definition) is 7. The number of nitrogens with zero attached hydrogens (tertiary/aromatic N) is 4. The number of rotatable bonds is 8. The molecule has 164 valence electrons. The van der Waals surface area contributed by atoms with E-state index in [1.165, 1.54) is 23.1 Å². The molecule has 7 nitrogen and oxygen atoms in total. The van der Waals surface area contributed by atoms with Gasteiger partial charge in [-0.3, -0.25) is 9.36 Å². The minimum absolute atomic E-state index is 0.133. The van der Waals surface area contributed by atoms with E-state index in [-0.39, 0.29) is 11.7 Å². The monoisotopic (exact) mass is 569 g/mol. The zero-order valence-corrected chi connectivity index (χ0v) is 20.9. The van der Waals surface area contributed by atoms with E-state index in [1.807, 2.05) is 9.95 Å². The van der Waals surface area contributed by atoms with Gasteiger partial charge in [0.15, 0.2) is 20.7 Å². The third-order valence-electron chi connectivity index (χ3n) is 4.11. The maximum absolute atomic E-state index is 12.5. The molecule has 3 heterocycles. The summed E-state index contributed by atoms with van der Waals surface area (Å²) in [6, 6.07) is 8.76. The number of benzene rings is 1. The smallest absolute Gasteiger partial charge is 0.236 e. The number of aromatic nitrogens is 4. The Morgan fingerprint density at radius 1 is 1.31 bits per heavy atom. The number of amides is 1. The Labute approximate surface area is 210 Å². The van der Waals surface area contributed by atoms with Gasteiger partial charge in [0.1, 0.15) is 0 Å². The number of thiazole rings is 1. The van der Waals surface area contributed by atoms with Crippen LogP contribution in [0.1, 0.15) is 0 Å². The van der Waals surface area contributed by atoms with Gasteiger partial charge < -0.3 is 9.73 Å². The van der Waals surface area contributed by atoms with Crippen molar-refractivity contribution in [2.45, 2.75) is 11.7 Å². The summed E-state index contributed by atoms with van der Waals surface area (Å²) < 4.78 is 8.00. The molecule has 3 aromatic heterocycles. The molecule has 0 fully saturated rings. The van der Waals surface area contributed by atoms with Gasteiger partial charge in [-0.2, -0.15) is 0 Å². The fraction of sp³-hybridized carbons (Fsp3) is 0.100. The number of furan rings is 1. The molecule has 12 heteroatoms. The van der Waals surface area contributed by atoms with E-state index in [2.05, 4.69) is 43.0 Å². The molecule has 4 aromatic rings. The Hall–Kier alpha value is -2.11. The van der Waals surface area contributed by atoms with E-state index in [0.29, 0.717) is 48.8 Å². The third kappa shape index (κ3) is 5.26. The average Bonchev–Trinajstić information content (AvgIpc) is 3.47. The highest BCUT2D eigenvalue weighted by Gasteiger charge is 2.18. The fourth-order valence-corrected chi connectivity index (χ4v) is 5.03. The van der Waals surface area contributed by atoms with Gasteiger partial charge in [0.25, 0.3) is 0 Å². The summed E-state index contributed by atoms with van der Waals surface area (Å²) in [6.07, 6.45) is 1.73. The topological polar surface area (TPSA) is 85.8 Å². The number of nitrogens with one attached hydrogen (secondary N) is 1. The van der Waals surface area contributed by atoms with Crippen LogP contribution in [0.25, 0.3) is 22.8 Å². The number of carbonyl (C=O) groups excluding carboxylic acids is 1. The Morgan fingerprint density at radius 2 is 2.16 bits per heavy atom. The molecule has 0 atom stereocenters. The van der Waals surface area contributed by atoms with Crippen LogP contribution < -0.4 is 5.32 Å². The molecule has 0 saturated carbocycles. The van der Waals surface area contributed by atoms with Crippen molar-refractivity contribution in [1.82, 2.24) is 19.7 Å². The van der Waals surface area contributed by atoms with Gasteiger partial charge in [0.05, 0.1) is 16.5 Å².